The van der Waals surface area contributed by atoms with Gasteiger partial charge in [-0.2, -0.15) is 0 Å². The molecular weight excluding hydrogens is 264 g/mol. The monoisotopic (exact) mass is 268 g/mol. The molecule has 0 aromatic carbocycles. The minimum Gasteiger partial charge on any atom is -0.358 e. The summed E-state index contributed by atoms with van der Waals surface area (Å²) in [5.74, 6) is -0.209. The van der Waals surface area contributed by atoms with Crippen molar-refractivity contribution in [2.24, 2.45) is 0 Å². The second kappa shape index (κ2) is 3.77. The summed E-state index contributed by atoms with van der Waals surface area (Å²) < 4.78 is 1.74. The van der Waals surface area contributed by atoms with Crippen molar-refractivity contribution in [1.29, 1.82) is 0 Å². The molecule has 6 nitrogen and oxygen atoms in total. The number of aromatic nitrogens is 3. The third-order valence-electron chi connectivity index (χ3n) is 1.74. The molecule has 0 saturated heterocycles. The lowest BCUT2D eigenvalue weighted by atomic mass is 10.4. The second-order valence-electron chi connectivity index (χ2n) is 2.71. The Balaban J connectivity index is 2.48. The van der Waals surface area contributed by atoms with Crippen molar-refractivity contribution in [3.8, 4) is 5.69 Å². The largest absolute Gasteiger partial charge is 0.404 e. The van der Waals surface area contributed by atoms with Gasteiger partial charge in [0.1, 0.15) is 10.2 Å². The van der Waals surface area contributed by atoms with Crippen molar-refractivity contribution in [3.63, 3.8) is 0 Å². The normalized spacial score (nSPS) is 10.2. The summed E-state index contributed by atoms with van der Waals surface area (Å²) in [5.41, 5.74) is 0.673. The Morgan fingerprint density at radius 1 is 1.53 bits per heavy atom. The molecule has 0 fully saturated rings. The van der Waals surface area contributed by atoms with E-state index in [4.69, 9.17) is 0 Å². The summed E-state index contributed by atoms with van der Waals surface area (Å²) in [6.07, 6.45) is 4.72. The number of hydrogen-bond acceptors (Lipinski definition) is 4. The number of nitrogens with zero attached hydrogens (tertiary/aromatic N) is 4. The topological polar surface area (TPSA) is 73.8 Å². The van der Waals surface area contributed by atoms with Crippen LogP contribution in [0.5, 0.6) is 0 Å². The molecule has 7 heteroatoms. The van der Waals surface area contributed by atoms with Gasteiger partial charge in [-0.15, -0.1) is 4.68 Å². The van der Waals surface area contributed by atoms with Crippen LogP contribution in [0.4, 0.5) is 5.82 Å². The molecule has 0 radical (unpaired) electrons. The molecule has 0 spiro atoms. The zero-order valence-corrected chi connectivity index (χ0v) is 8.96. The first-order valence-electron chi connectivity index (χ1n) is 3.98. The summed E-state index contributed by atoms with van der Waals surface area (Å²) in [7, 11) is 0. The second-order valence-corrected chi connectivity index (χ2v) is 3.57. The maximum atomic E-state index is 10.6. The van der Waals surface area contributed by atoms with Crippen LogP contribution in [0.1, 0.15) is 0 Å². The third-order valence-corrected chi connectivity index (χ3v) is 2.29. The van der Waals surface area contributed by atoms with E-state index in [1.807, 2.05) is 0 Å². The highest BCUT2D eigenvalue weighted by Crippen LogP contribution is 2.23. The predicted octanol–water partition coefficient (Wildman–Crippen LogP) is 1.94. The first kappa shape index (κ1) is 9.78. The van der Waals surface area contributed by atoms with Crippen LogP contribution < -0.4 is 0 Å². The van der Waals surface area contributed by atoms with Gasteiger partial charge >= 0.3 is 5.82 Å². The minimum absolute atomic E-state index is 0.209. The summed E-state index contributed by atoms with van der Waals surface area (Å²) in [6.45, 7) is 0. The molecule has 0 atom stereocenters. The lowest BCUT2D eigenvalue weighted by Gasteiger charge is -1.92. The van der Waals surface area contributed by atoms with Gasteiger partial charge in [-0.05, 0) is 33.0 Å². The van der Waals surface area contributed by atoms with Crippen LogP contribution in [0.25, 0.3) is 5.69 Å². The van der Waals surface area contributed by atoms with Crippen molar-refractivity contribution in [2.45, 2.75) is 0 Å². The number of hydrogen-bond donors (Lipinski definition) is 0. The minimum atomic E-state index is -0.545. The van der Waals surface area contributed by atoms with E-state index >= 15 is 0 Å². The van der Waals surface area contributed by atoms with Crippen LogP contribution in [-0.4, -0.2) is 19.7 Å². The molecule has 76 valence electrons. The first-order chi connectivity index (χ1) is 7.18. The number of pyridine rings is 1. The summed E-state index contributed by atoms with van der Waals surface area (Å²) in [4.78, 5) is 13.9. The molecule has 0 saturated carbocycles. The zero-order chi connectivity index (χ0) is 10.8. The fourth-order valence-electron chi connectivity index (χ4n) is 1.09. The number of halogens is 1. The summed E-state index contributed by atoms with van der Waals surface area (Å²) in [6, 6.07) is 3.49. The van der Waals surface area contributed by atoms with Crippen LogP contribution in [0.2, 0.25) is 0 Å². The number of rotatable bonds is 2. The molecule has 0 amide bonds. The summed E-state index contributed by atoms with van der Waals surface area (Å²) in [5, 5.41) is 14.4. The van der Waals surface area contributed by atoms with E-state index in [0.717, 1.165) is 0 Å². The van der Waals surface area contributed by atoms with Gasteiger partial charge < -0.3 is 10.1 Å². The van der Waals surface area contributed by atoms with Crippen molar-refractivity contribution in [2.75, 3.05) is 0 Å². The fraction of sp³-hybridized carbons (Fsp3) is 0. The average Bonchev–Trinajstić information content (AvgIpc) is 2.62. The molecule has 2 heterocycles. The van der Waals surface area contributed by atoms with Gasteiger partial charge in [-0.3, -0.25) is 4.98 Å². The maximum Gasteiger partial charge on any atom is 0.404 e. The average molecular weight is 269 g/mol. The predicted molar refractivity (Wildman–Crippen MR) is 55.7 cm³/mol. The molecule has 0 unspecified atom stereocenters. The Kier molecular flexibility index (Phi) is 2.46. The smallest absolute Gasteiger partial charge is 0.358 e. The number of nitro groups is 1. The zero-order valence-electron chi connectivity index (χ0n) is 7.37. The SMILES string of the molecule is O=[N+]([O-])c1nn(-c2cccnc2)cc1Br. The highest BCUT2D eigenvalue weighted by molar-refractivity contribution is 9.10. The van der Waals surface area contributed by atoms with E-state index in [1.54, 1.807) is 24.5 Å². The van der Waals surface area contributed by atoms with Gasteiger partial charge in [-0.25, -0.2) is 0 Å². The van der Waals surface area contributed by atoms with E-state index in [0.29, 0.717) is 10.2 Å². The lowest BCUT2D eigenvalue weighted by Crippen LogP contribution is -1.96. The molecule has 0 aliphatic carbocycles. The quantitative estimate of drug-likeness (QED) is 0.616. The van der Waals surface area contributed by atoms with Crippen LogP contribution in [0.3, 0.4) is 0 Å². The van der Waals surface area contributed by atoms with Crippen LogP contribution in [0, 0.1) is 10.1 Å². The molecule has 2 rings (SSSR count). The Morgan fingerprint density at radius 3 is 2.87 bits per heavy atom. The van der Waals surface area contributed by atoms with Crippen molar-refractivity contribution >= 4 is 21.7 Å². The van der Waals surface area contributed by atoms with E-state index in [-0.39, 0.29) is 5.82 Å². The van der Waals surface area contributed by atoms with Gasteiger partial charge in [0, 0.05) is 6.20 Å². The van der Waals surface area contributed by atoms with Gasteiger partial charge in [0.05, 0.1) is 17.5 Å². The fourth-order valence-corrected chi connectivity index (χ4v) is 1.51. The molecule has 15 heavy (non-hydrogen) atoms. The lowest BCUT2D eigenvalue weighted by molar-refractivity contribution is -0.390. The Bertz CT molecular complexity index is 497. The third kappa shape index (κ3) is 1.86. The Hall–Kier alpha value is -1.76. The maximum absolute atomic E-state index is 10.6. The molecule has 0 aliphatic rings. The molecule has 2 aromatic rings. The van der Waals surface area contributed by atoms with Gasteiger partial charge in [0.15, 0.2) is 0 Å². The highest BCUT2D eigenvalue weighted by Gasteiger charge is 2.19. The van der Waals surface area contributed by atoms with E-state index < -0.39 is 4.92 Å². The molecule has 0 aliphatic heterocycles. The van der Waals surface area contributed by atoms with E-state index in [1.165, 1.54) is 10.9 Å². The first-order valence-corrected chi connectivity index (χ1v) is 4.78. The van der Waals surface area contributed by atoms with Crippen LogP contribution >= 0.6 is 15.9 Å². The summed E-state index contributed by atoms with van der Waals surface area (Å²) >= 11 is 3.07. The van der Waals surface area contributed by atoms with Crippen LogP contribution in [-0.2, 0) is 0 Å². The van der Waals surface area contributed by atoms with Crippen molar-refractivity contribution in [3.05, 3.63) is 45.3 Å². The van der Waals surface area contributed by atoms with Crippen molar-refractivity contribution in [1.82, 2.24) is 14.8 Å². The van der Waals surface area contributed by atoms with Gasteiger partial charge in [0.2, 0.25) is 0 Å². The van der Waals surface area contributed by atoms with Crippen molar-refractivity contribution < 1.29 is 4.92 Å². The Morgan fingerprint density at radius 2 is 2.33 bits per heavy atom. The van der Waals surface area contributed by atoms with E-state index in [9.17, 15) is 10.1 Å². The molecule has 0 N–H and O–H groups in total. The Labute approximate surface area is 92.8 Å². The van der Waals surface area contributed by atoms with Gasteiger partial charge in [0.25, 0.3) is 0 Å². The van der Waals surface area contributed by atoms with Gasteiger partial charge in [-0.1, -0.05) is 0 Å². The van der Waals surface area contributed by atoms with E-state index in [2.05, 4.69) is 26.0 Å². The molecule has 0 bridgehead atoms. The van der Waals surface area contributed by atoms with Crippen LogP contribution in [0.15, 0.2) is 35.2 Å². The molecule has 2 aromatic heterocycles. The standard InChI is InChI=1S/C8H5BrN4O2/c9-7-5-12(11-8(7)13(14)15)6-2-1-3-10-4-6/h1-5H. The highest BCUT2D eigenvalue weighted by atomic mass is 79.9. The molecular formula is C8H5BrN4O2.